The predicted octanol–water partition coefficient (Wildman–Crippen LogP) is 9.08. The standard InChI is InChI=1S/2C17H14P.C13H10O3.Fe/c2*1-3-9-15(10-4-1)18(17-13-7-8-14-17)16-11-5-2-6-12-16;14-12-7-5-10(6-8-12)9-1-3-11(4-2-9)13(15)16;/h2*1-14H;1-8,14H,(H,15,16);/q2*-1;;+2. The summed E-state index contributed by atoms with van der Waals surface area (Å²) in [4.78, 5) is 10.7. The van der Waals surface area contributed by atoms with Crippen LogP contribution in [-0.4, -0.2) is 16.2 Å². The SMILES string of the molecule is O=C(O)c1ccc(-c2ccc(O)cc2)cc1.[Fe+2].c1ccc(P(c2ccccc2)c2ccc[cH-]2)cc1.c1ccc(P(c2ccccc2)c2ccc[cH-]2)cc1. The molecule has 262 valence electrons. The van der Waals surface area contributed by atoms with Crippen LogP contribution in [0.1, 0.15) is 10.4 Å². The molecule has 53 heavy (non-hydrogen) atoms. The van der Waals surface area contributed by atoms with Gasteiger partial charge in [-0.3, -0.25) is 0 Å². The molecule has 0 saturated carbocycles. The van der Waals surface area contributed by atoms with Gasteiger partial charge in [0.05, 0.1) is 5.56 Å². The molecule has 0 aliphatic heterocycles. The number of aromatic carboxylic acids is 1. The molecule has 0 radical (unpaired) electrons. The van der Waals surface area contributed by atoms with E-state index < -0.39 is 21.8 Å². The monoisotopic (exact) mass is 768 g/mol. The van der Waals surface area contributed by atoms with Gasteiger partial charge in [-0.15, -0.1) is 10.6 Å². The molecule has 0 aliphatic carbocycles. The average Bonchev–Trinajstić information content (AvgIpc) is 3.94. The fourth-order valence-corrected chi connectivity index (χ4v) is 10.3. The minimum Gasteiger partial charge on any atom is -0.508 e. The first kappa shape index (κ1) is 38.9. The first-order chi connectivity index (χ1) is 25.6. The number of hydrogen-bond acceptors (Lipinski definition) is 2. The van der Waals surface area contributed by atoms with Gasteiger partial charge in [-0.1, -0.05) is 146 Å². The van der Waals surface area contributed by atoms with E-state index >= 15 is 0 Å². The zero-order valence-electron chi connectivity index (χ0n) is 28.8. The van der Waals surface area contributed by atoms with Crippen LogP contribution in [0.2, 0.25) is 0 Å². The normalized spacial score (nSPS) is 10.3. The van der Waals surface area contributed by atoms with Crippen LogP contribution in [0.25, 0.3) is 11.1 Å². The molecule has 0 heterocycles. The van der Waals surface area contributed by atoms with E-state index in [4.69, 9.17) is 10.2 Å². The van der Waals surface area contributed by atoms with Gasteiger partial charge in [0.15, 0.2) is 0 Å². The van der Waals surface area contributed by atoms with Crippen molar-refractivity contribution in [2.75, 3.05) is 0 Å². The number of rotatable bonds is 8. The summed E-state index contributed by atoms with van der Waals surface area (Å²) in [6, 6.07) is 73.9. The largest absolute Gasteiger partial charge is 2.00 e. The summed E-state index contributed by atoms with van der Waals surface area (Å²) in [5.74, 6) is -0.719. The number of phenolic OH excluding ortho intramolecular Hbond substituents is 1. The zero-order chi connectivity index (χ0) is 36.0. The topological polar surface area (TPSA) is 57.5 Å². The third-order valence-corrected chi connectivity index (χ3v) is 13.1. The van der Waals surface area contributed by atoms with Crippen LogP contribution in [0.15, 0.2) is 218 Å². The van der Waals surface area contributed by atoms with Crippen molar-refractivity contribution in [3.05, 3.63) is 224 Å². The van der Waals surface area contributed by atoms with E-state index in [0.29, 0.717) is 0 Å². The fraction of sp³-hybridized carbons (Fsp3) is 0. The Balaban J connectivity index is 0.000000152. The second-order valence-electron chi connectivity index (χ2n) is 11.7. The molecule has 0 aliphatic rings. The quantitative estimate of drug-likeness (QED) is 0.0922. The minimum absolute atomic E-state index is 0. The van der Waals surface area contributed by atoms with E-state index in [1.165, 1.54) is 31.8 Å². The molecule has 8 aromatic carbocycles. The van der Waals surface area contributed by atoms with Gasteiger partial charge < -0.3 is 10.2 Å². The first-order valence-corrected chi connectivity index (χ1v) is 19.6. The molecule has 0 amide bonds. The van der Waals surface area contributed by atoms with E-state index in [2.05, 4.69) is 170 Å². The van der Waals surface area contributed by atoms with Crippen LogP contribution < -0.4 is 31.8 Å². The third kappa shape index (κ3) is 10.8. The summed E-state index contributed by atoms with van der Waals surface area (Å²) in [5.41, 5.74) is 2.13. The van der Waals surface area contributed by atoms with E-state index in [9.17, 15) is 4.79 Å². The second kappa shape index (κ2) is 20.1. The van der Waals surface area contributed by atoms with Gasteiger partial charge in [0.25, 0.3) is 0 Å². The molecule has 0 saturated heterocycles. The summed E-state index contributed by atoms with van der Waals surface area (Å²) < 4.78 is 0. The van der Waals surface area contributed by atoms with E-state index in [-0.39, 0.29) is 28.4 Å². The second-order valence-corrected chi connectivity index (χ2v) is 16.2. The van der Waals surface area contributed by atoms with Crippen LogP contribution in [0.5, 0.6) is 5.75 Å². The molecule has 0 spiro atoms. The van der Waals surface area contributed by atoms with Gasteiger partial charge in [0, 0.05) is 0 Å². The molecule has 2 N–H and O–H groups in total. The third-order valence-electron chi connectivity index (χ3n) is 8.20. The average molecular weight is 769 g/mol. The number of benzene rings is 6. The van der Waals surface area contributed by atoms with Crippen LogP contribution in [0.4, 0.5) is 0 Å². The van der Waals surface area contributed by atoms with Crippen molar-refractivity contribution in [1.82, 2.24) is 0 Å². The van der Waals surface area contributed by atoms with Crippen LogP contribution in [-0.2, 0) is 17.1 Å². The Morgan fingerprint density at radius 3 is 1.02 bits per heavy atom. The van der Waals surface area contributed by atoms with E-state index in [1.54, 1.807) is 48.5 Å². The predicted molar refractivity (Wildman–Crippen MR) is 222 cm³/mol. The molecule has 0 bridgehead atoms. The molecule has 8 rings (SSSR count). The summed E-state index contributed by atoms with van der Waals surface area (Å²) in [7, 11) is -0.818. The van der Waals surface area contributed by atoms with E-state index in [1.807, 2.05) is 0 Å². The molecule has 3 nitrogen and oxygen atoms in total. The van der Waals surface area contributed by atoms with Gasteiger partial charge >= 0.3 is 23.0 Å². The molecule has 0 aromatic heterocycles. The number of phenols is 1. The van der Waals surface area contributed by atoms with Crippen molar-refractivity contribution in [3.8, 4) is 16.9 Å². The fourth-order valence-electron chi connectivity index (χ4n) is 5.69. The Morgan fingerprint density at radius 2 is 0.736 bits per heavy atom. The molecule has 8 aromatic rings. The van der Waals surface area contributed by atoms with Gasteiger partial charge in [-0.2, -0.15) is 24.3 Å². The van der Waals surface area contributed by atoms with Gasteiger partial charge in [0.2, 0.25) is 0 Å². The number of carboxylic acids is 1. The summed E-state index contributed by atoms with van der Waals surface area (Å²) in [6.45, 7) is 0. The van der Waals surface area contributed by atoms with Crippen molar-refractivity contribution < 1.29 is 32.1 Å². The molecular formula is C47H38FeO3P2. The number of hydrogen-bond donors (Lipinski definition) is 2. The van der Waals surface area contributed by atoms with E-state index in [0.717, 1.165) is 11.1 Å². The summed E-state index contributed by atoms with van der Waals surface area (Å²) in [6.07, 6.45) is 0. The summed E-state index contributed by atoms with van der Waals surface area (Å²) >= 11 is 0. The van der Waals surface area contributed by atoms with Crippen molar-refractivity contribution in [2.45, 2.75) is 0 Å². The first-order valence-electron chi connectivity index (χ1n) is 16.9. The van der Waals surface area contributed by atoms with Crippen LogP contribution in [0, 0.1) is 0 Å². The van der Waals surface area contributed by atoms with Gasteiger partial charge in [-0.05, 0) is 72.5 Å². The van der Waals surface area contributed by atoms with Gasteiger partial charge in [-0.25, -0.2) is 29.1 Å². The molecule has 0 fully saturated rings. The van der Waals surface area contributed by atoms with Crippen LogP contribution >= 0.6 is 15.8 Å². The van der Waals surface area contributed by atoms with Crippen molar-refractivity contribution in [2.24, 2.45) is 0 Å². The van der Waals surface area contributed by atoms with Crippen LogP contribution in [0.3, 0.4) is 0 Å². The maximum absolute atomic E-state index is 10.7. The Labute approximate surface area is 325 Å². The Hall–Kier alpha value is -5.33. The van der Waals surface area contributed by atoms with Gasteiger partial charge in [0.1, 0.15) is 5.75 Å². The Morgan fingerprint density at radius 1 is 0.415 bits per heavy atom. The number of carbonyl (C=O) groups is 1. The van der Waals surface area contributed by atoms with Crippen molar-refractivity contribution >= 4 is 53.6 Å². The Kier molecular flexibility index (Phi) is 14.7. The Bertz CT molecular complexity index is 2000. The molecule has 6 heteroatoms. The molecular weight excluding hydrogens is 730 g/mol. The smallest absolute Gasteiger partial charge is 0.508 e. The molecule has 0 atom stereocenters. The maximum atomic E-state index is 10.7. The minimum atomic E-state index is -0.933. The maximum Gasteiger partial charge on any atom is 2.00 e. The number of carboxylic acid groups (broad SMARTS) is 1. The van der Waals surface area contributed by atoms with Crippen molar-refractivity contribution in [3.63, 3.8) is 0 Å². The zero-order valence-corrected chi connectivity index (χ0v) is 31.7. The number of aromatic hydroxyl groups is 1. The molecule has 0 unspecified atom stereocenters. The van der Waals surface area contributed by atoms with Crippen molar-refractivity contribution in [1.29, 1.82) is 0 Å². The summed E-state index contributed by atoms with van der Waals surface area (Å²) in [5, 5.41) is 26.4.